The van der Waals surface area contributed by atoms with E-state index >= 15 is 0 Å². The Hall–Kier alpha value is -2.82. The quantitative estimate of drug-likeness (QED) is 0.794. The van der Waals surface area contributed by atoms with E-state index in [1.807, 2.05) is 50.2 Å². The van der Waals surface area contributed by atoms with Crippen LogP contribution in [0.5, 0.6) is 11.5 Å². The van der Waals surface area contributed by atoms with Gasteiger partial charge in [0.1, 0.15) is 0 Å². The number of hydrogen-bond acceptors (Lipinski definition) is 4. The number of nitrogens with one attached hydrogen (secondary N) is 1. The number of nitrogens with zero attached hydrogens (tertiary/aromatic N) is 1. The average molecular weight is 326 g/mol. The van der Waals surface area contributed by atoms with E-state index in [0.717, 1.165) is 11.3 Å². The molecule has 1 heterocycles. The number of carbonyl (C=O) groups excluding carboxylic acids is 1. The van der Waals surface area contributed by atoms with Gasteiger partial charge in [0.2, 0.25) is 5.91 Å². The molecule has 0 atom stereocenters. The molecule has 1 N–H and O–H groups in total. The molecule has 0 saturated carbocycles. The molecule has 2 aromatic rings. The molecule has 2 rings (SSSR count). The van der Waals surface area contributed by atoms with Gasteiger partial charge in [-0.15, -0.1) is 0 Å². The smallest absolute Gasteiger partial charge is 0.244 e. The van der Waals surface area contributed by atoms with Crippen LogP contribution < -0.4 is 14.8 Å². The maximum absolute atomic E-state index is 11.9. The van der Waals surface area contributed by atoms with Crippen molar-refractivity contribution in [2.75, 3.05) is 7.11 Å². The molecule has 0 unspecified atom stereocenters. The van der Waals surface area contributed by atoms with Gasteiger partial charge in [-0.1, -0.05) is 12.1 Å². The number of hydrogen-bond donors (Lipinski definition) is 1. The van der Waals surface area contributed by atoms with Gasteiger partial charge in [0.15, 0.2) is 11.5 Å². The van der Waals surface area contributed by atoms with E-state index in [9.17, 15) is 4.79 Å². The maximum atomic E-state index is 11.9. The Morgan fingerprint density at radius 1 is 1.25 bits per heavy atom. The van der Waals surface area contributed by atoms with Gasteiger partial charge in [0, 0.05) is 12.3 Å². The SMILES string of the molecule is COc1cc(/C=C/C(=O)NCc2ccccn2)ccc1OC(C)C. The molecular formula is C19H22N2O3. The van der Waals surface area contributed by atoms with Crippen LogP contribution in [-0.2, 0) is 11.3 Å². The van der Waals surface area contributed by atoms with E-state index in [1.165, 1.54) is 6.08 Å². The molecule has 0 saturated heterocycles. The summed E-state index contributed by atoms with van der Waals surface area (Å²) in [7, 11) is 1.59. The summed E-state index contributed by atoms with van der Waals surface area (Å²) in [6.07, 6.45) is 4.98. The van der Waals surface area contributed by atoms with E-state index < -0.39 is 0 Å². The minimum Gasteiger partial charge on any atom is -0.493 e. The summed E-state index contributed by atoms with van der Waals surface area (Å²) in [4.78, 5) is 16.0. The normalized spacial score (nSPS) is 10.8. The summed E-state index contributed by atoms with van der Waals surface area (Å²) < 4.78 is 11.0. The number of benzene rings is 1. The Balaban J connectivity index is 1.96. The van der Waals surface area contributed by atoms with Crippen LogP contribution in [0.25, 0.3) is 6.08 Å². The monoisotopic (exact) mass is 326 g/mol. The highest BCUT2D eigenvalue weighted by molar-refractivity contribution is 5.91. The Bertz CT molecular complexity index is 697. The largest absolute Gasteiger partial charge is 0.493 e. The highest BCUT2D eigenvalue weighted by atomic mass is 16.5. The molecule has 0 bridgehead atoms. The predicted octanol–water partition coefficient (Wildman–Crippen LogP) is 3.21. The van der Waals surface area contributed by atoms with E-state index in [-0.39, 0.29) is 12.0 Å². The molecule has 5 heteroatoms. The van der Waals surface area contributed by atoms with Gasteiger partial charge < -0.3 is 14.8 Å². The summed E-state index contributed by atoms with van der Waals surface area (Å²) in [6.45, 7) is 4.31. The second-order valence-corrected chi connectivity index (χ2v) is 5.45. The van der Waals surface area contributed by atoms with Crippen LogP contribution in [-0.4, -0.2) is 24.1 Å². The first-order valence-corrected chi connectivity index (χ1v) is 7.79. The number of aromatic nitrogens is 1. The number of pyridine rings is 1. The van der Waals surface area contributed by atoms with Crippen LogP contribution in [0.2, 0.25) is 0 Å². The minimum atomic E-state index is -0.179. The lowest BCUT2D eigenvalue weighted by molar-refractivity contribution is -0.116. The van der Waals surface area contributed by atoms with Crippen molar-refractivity contribution in [3.05, 3.63) is 59.9 Å². The van der Waals surface area contributed by atoms with Gasteiger partial charge in [-0.25, -0.2) is 0 Å². The molecule has 0 spiro atoms. The molecule has 0 fully saturated rings. The Morgan fingerprint density at radius 3 is 2.75 bits per heavy atom. The number of rotatable bonds is 7. The van der Waals surface area contributed by atoms with Gasteiger partial charge in [0.25, 0.3) is 0 Å². The first-order chi connectivity index (χ1) is 11.6. The van der Waals surface area contributed by atoms with Crippen molar-refractivity contribution in [1.29, 1.82) is 0 Å². The van der Waals surface area contributed by atoms with Crippen molar-refractivity contribution in [3.63, 3.8) is 0 Å². The van der Waals surface area contributed by atoms with E-state index in [4.69, 9.17) is 9.47 Å². The Labute approximate surface area is 142 Å². The van der Waals surface area contributed by atoms with Crippen LogP contribution in [0.3, 0.4) is 0 Å². The fourth-order valence-corrected chi connectivity index (χ4v) is 2.05. The summed E-state index contributed by atoms with van der Waals surface area (Å²) in [6, 6.07) is 11.1. The molecule has 0 aliphatic rings. The third kappa shape index (κ3) is 5.43. The van der Waals surface area contributed by atoms with Gasteiger partial charge in [0.05, 0.1) is 25.5 Å². The lowest BCUT2D eigenvalue weighted by Crippen LogP contribution is -2.20. The van der Waals surface area contributed by atoms with Crippen molar-refractivity contribution in [2.45, 2.75) is 26.5 Å². The van der Waals surface area contributed by atoms with Gasteiger partial charge in [-0.2, -0.15) is 0 Å². The number of carbonyl (C=O) groups is 1. The van der Waals surface area contributed by atoms with Gasteiger partial charge >= 0.3 is 0 Å². The molecule has 0 aliphatic carbocycles. The lowest BCUT2D eigenvalue weighted by Gasteiger charge is -2.13. The first kappa shape index (κ1) is 17.5. The zero-order chi connectivity index (χ0) is 17.4. The molecule has 1 amide bonds. The third-order valence-electron chi connectivity index (χ3n) is 3.15. The minimum absolute atomic E-state index is 0.0673. The third-order valence-corrected chi connectivity index (χ3v) is 3.15. The summed E-state index contributed by atoms with van der Waals surface area (Å²) in [5, 5.41) is 2.79. The van der Waals surface area contributed by atoms with Gasteiger partial charge in [-0.05, 0) is 49.8 Å². The highest BCUT2D eigenvalue weighted by Crippen LogP contribution is 2.29. The number of ether oxygens (including phenoxy) is 2. The molecule has 24 heavy (non-hydrogen) atoms. The molecular weight excluding hydrogens is 304 g/mol. The topological polar surface area (TPSA) is 60.5 Å². The standard InChI is InChI=1S/C19H22N2O3/c1-14(2)24-17-9-7-15(12-18(17)23-3)8-10-19(22)21-13-16-6-4-5-11-20-16/h4-12,14H,13H2,1-3H3,(H,21,22)/b10-8+. The maximum Gasteiger partial charge on any atom is 0.244 e. The molecule has 0 radical (unpaired) electrons. The van der Waals surface area contributed by atoms with E-state index in [1.54, 1.807) is 19.4 Å². The van der Waals surface area contributed by atoms with Crippen LogP contribution >= 0.6 is 0 Å². The Kier molecular flexibility index (Phi) is 6.37. The first-order valence-electron chi connectivity index (χ1n) is 7.79. The fourth-order valence-electron chi connectivity index (χ4n) is 2.05. The molecule has 126 valence electrons. The van der Waals surface area contributed by atoms with Crippen LogP contribution in [0.1, 0.15) is 25.1 Å². The summed E-state index contributed by atoms with van der Waals surface area (Å²) in [5.74, 6) is 1.14. The number of methoxy groups -OCH3 is 1. The molecule has 5 nitrogen and oxygen atoms in total. The second-order valence-electron chi connectivity index (χ2n) is 5.45. The zero-order valence-corrected chi connectivity index (χ0v) is 14.2. The highest BCUT2D eigenvalue weighted by Gasteiger charge is 2.06. The molecule has 0 aliphatic heterocycles. The van der Waals surface area contributed by atoms with Crippen molar-refractivity contribution in [1.82, 2.24) is 10.3 Å². The van der Waals surface area contributed by atoms with Crippen LogP contribution in [0.15, 0.2) is 48.7 Å². The fraction of sp³-hybridized carbons (Fsp3) is 0.263. The molecule has 1 aromatic heterocycles. The van der Waals surface area contributed by atoms with Crippen molar-refractivity contribution in [2.24, 2.45) is 0 Å². The zero-order valence-electron chi connectivity index (χ0n) is 14.2. The van der Waals surface area contributed by atoms with E-state index in [0.29, 0.717) is 18.0 Å². The summed E-state index contributed by atoms with van der Waals surface area (Å²) >= 11 is 0. The predicted molar refractivity (Wildman–Crippen MR) is 93.9 cm³/mol. The Morgan fingerprint density at radius 2 is 2.08 bits per heavy atom. The van der Waals surface area contributed by atoms with E-state index in [2.05, 4.69) is 10.3 Å². The second kappa shape index (κ2) is 8.72. The summed E-state index contributed by atoms with van der Waals surface area (Å²) in [5.41, 5.74) is 1.67. The van der Waals surface area contributed by atoms with Crippen molar-refractivity contribution >= 4 is 12.0 Å². The van der Waals surface area contributed by atoms with Crippen LogP contribution in [0.4, 0.5) is 0 Å². The number of amides is 1. The van der Waals surface area contributed by atoms with Crippen LogP contribution in [0, 0.1) is 0 Å². The van der Waals surface area contributed by atoms with Crippen molar-refractivity contribution < 1.29 is 14.3 Å². The lowest BCUT2D eigenvalue weighted by atomic mass is 10.2. The molecule has 1 aromatic carbocycles. The van der Waals surface area contributed by atoms with Crippen molar-refractivity contribution in [3.8, 4) is 11.5 Å². The average Bonchev–Trinajstić information content (AvgIpc) is 2.59. The van der Waals surface area contributed by atoms with Gasteiger partial charge in [-0.3, -0.25) is 9.78 Å².